The van der Waals surface area contributed by atoms with Crippen LogP contribution in [0.4, 0.5) is 0 Å². The predicted octanol–water partition coefficient (Wildman–Crippen LogP) is 2.01. The lowest BCUT2D eigenvalue weighted by atomic mass is 10.1. The highest BCUT2D eigenvalue weighted by Crippen LogP contribution is 2.15. The maximum atomic E-state index is 5.91. The van der Waals surface area contributed by atoms with E-state index in [-0.39, 0.29) is 0 Å². The third kappa shape index (κ3) is 19.6. The fourth-order valence-electron chi connectivity index (χ4n) is 3.30. The molecule has 198 valence electrons. The number of nitrogens with zero attached hydrogens (tertiary/aromatic N) is 1. The van der Waals surface area contributed by atoms with Gasteiger partial charge in [0.25, 0.3) is 0 Å². The number of piperidine rings is 1. The van der Waals surface area contributed by atoms with E-state index in [2.05, 4.69) is 18.7 Å². The van der Waals surface area contributed by atoms with Crippen molar-refractivity contribution in [3.8, 4) is 0 Å². The van der Waals surface area contributed by atoms with Gasteiger partial charge in [-0.25, -0.2) is 0 Å². The molecule has 0 radical (unpaired) electrons. The molecule has 0 aromatic heterocycles. The van der Waals surface area contributed by atoms with E-state index in [1.807, 2.05) is 6.92 Å². The summed E-state index contributed by atoms with van der Waals surface area (Å²) in [5.41, 5.74) is 0. The highest BCUT2D eigenvalue weighted by Gasteiger charge is 2.20. The van der Waals surface area contributed by atoms with E-state index in [0.717, 1.165) is 32.5 Å². The van der Waals surface area contributed by atoms with Crippen molar-refractivity contribution >= 4 is 0 Å². The van der Waals surface area contributed by atoms with E-state index >= 15 is 0 Å². The van der Waals surface area contributed by atoms with Crippen molar-refractivity contribution in [3.63, 3.8) is 0 Å². The van der Waals surface area contributed by atoms with Gasteiger partial charge in [-0.2, -0.15) is 0 Å². The first-order chi connectivity index (χ1) is 16.2. The number of hydrogen-bond acceptors (Lipinski definition) is 9. The van der Waals surface area contributed by atoms with Crippen LogP contribution in [-0.2, 0) is 37.9 Å². The van der Waals surface area contributed by atoms with Crippen molar-refractivity contribution in [2.24, 2.45) is 0 Å². The Labute approximate surface area is 201 Å². The summed E-state index contributed by atoms with van der Waals surface area (Å²) in [4.78, 5) is 2.51. The summed E-state index contributed by atoms with van der Waals surface area (Å²) in [5.74, 6) is 0. The third-order valence-electron chi connectivity index (χ3n) is 5.22. The second kappa shape index (κ2) is 23.4. The van der Waals surface area contributed by atoms with Crippen molar-refractivity contribution < 1.29 is 37.9 Å². The normalized spacial score (nSPS) is 15.6. The van der Waals surface area contributed by atoms with Gasteiger partial charge in [-0.15, -0.1) is 0 Å². The maximum absolute atomic E-state index is 5.91. The van der Waals surface area contributed by atoms with E-state index in [0.29, 0.717) is 105 Å². The molecule has 0 amide bonds. The molecule has 0 spiro atoms. The summed E-state index contributed by atoms with van der Waals surface area (Å²) >= 11 is 0. The van der Waals surface area contributed by atoms with Crippen LogP contribution in [-0.4, -0.2) is 129 Å². The summed E-state index contributed by atoms with van der Waals surface area (Å²) in [6.45, 7) is 17.6. The standard InChI is InChI=1S/C24H49NO8/c1-4-26-9-10-27-11-12-28-13-14-29-15-16-30-17-18-31-19-20-32-21-22-33-24-5-7-25(8-6-24)23(2)3/h23-24H,4-22H2,1-3H3. The van der Waals surface area contributed by atoms with Gasteiger partial charge in [-0.1, -0.05) is 0 Å². The Morgan fingerprint density at radius 2 is 0.879 bits per heavy atom. The molecule has 0 bridgehead atoms. The number of rotatable bonds is 24. The average Bonchev–Trinajstić information content (AvgIpc) is 2.82. The van der Waals surface area contributed by atoms with Gasteiger partial charge in [-0.05, 0) is 33.6 Å². The Hall–Kier alpha value is -0.360. The SMILES string of the molecule is CCOCCOCCOCCOCCOCCOCCOCCOC1CCN(C(C)C)CC1. The number of hydrogen-bond donors (Lipinski definition) is 0. The van der Waals surface area contributed by atoms with E-state index in [1.54, 1.807) is 0 Å². The first-order valence-corrected chi connectivity index (χ1v) is 12.6. The van der Waals surface area contributed by atoms with Crippen molar-refractivity contribution in [1.82, 2.24) is 4.90 Å². The minimum Gasteiger partial charge on any atom is -0.379 e. The Bertz CT molecular complexity index is 395. The zero-order chi connectivity index (χ0) is 23.8. The molecular formula is C24H49NO8. The van der Waals surface area contributed by atoms with Crippen LogP contribution in [0.15, 0.2) is 0 Å². The molecule has 1 saturated heterocycles. The van der Waals surface area contributed by atoms with E-state index in [4.69, 9.17) is 37.9 Å². The summed E-state index contributed by atoms with van der Waals surface area (Å²) in [6.07, 6.45) is 2.61. The topological polar surface area (TPSA) is 77.1 Å². The largest absolute Gasteiger partial charge is 0.379 e. The third-order valence-corrected chi connectivity index (χ3v) is 5.22. The van der Waals surface area contributed by atoms with Crippen molar-refractivity contribution in [2.45, 2.75) is 45.8 Å². The molecule has 0 aromatic carbocycles. The highest BCUT2D eigenvalue weighted by molar-refractivity contribution is 4.74. The molecule has 1 fully saturated rings. The molecule has 1 aliphatic heterocycles. The molecule has 1 heterocycles. The molecule has 0 atom stereocenters. The van der Waals surface area contributed by atoms with Gasteiger partial charge in [0.15, 0.2) is 0 Å². The molecule has 33 heavy (non-hydrogen) atoms. The van der Waals surface area contributed by atoms with E-state index in [1.165, 1.54) is 0 Å². The van der Waals surface area contributed by atoms with Crippen LogP contribution in [0, 0.1) is 0 Å². The van der Waals surface area contributed by atoms with Gasteiger partial charge in [0.05, 0.1) is 98.6 Å². The minimum atomic E-state index is 0.379. The Morgan fingerprint density at radius 3 is 1.21 bits per heavy atom. The molecule has 0 saturated carbocycles. The molecule has 1 aliphatic rings. The van der Waals surface area contributed by atoms with Crippen LogP contribution in [0.5, 0.6) is 0 Å². The van der Waals surface area contributed by atoms with Crippen LogP contribution in [0.2, 0.25) is 0 Å². The average molecular weight is 480 g/mol. The molecule has 9 nitrogen and oxygen atoms in total. The number of ether oxygens (including phenoxy) is 8. The lowest BCUT2D eigenvalue weighted by Crippen LogP contribution is -2.41. The smallest absolute Gasteiger partial charge is 0.0704 e. The molecule has 0 aliphatic carbocycles. The van der Waals surface area contributed by atoms with Gasteiger partial charge in [0.1, 0.15) is 0 Å². The monoisotopic (exact) mass is 479 g/mol. The maximum Gasteiger partial charge on any atom is 0.0704 e. The van der Waals surface area contributed by atoms with Crippen LogP contribution in [0.1, 0.15) is 33.6 Å². The second-order valence-corrected chi connectivity index (χ2v) is 8.07. The summed E-state index contributed by atoms with van der Waals surface area (Å²) in [5, 5.41) is 0. The molecule has 0 aromatic rings. The van der Waals surface area contributed by atoms with E-state index < -0.39 is 0 Å². The molecule has 1 rings (SSSR count). The van der Waals surface area contributed by atoms with Gasteiger partial charge >= 0.3 is 0 Å². The van der Waals surface area contributed by atoms with Gasteiger partial charge in [-0.3, -0.25) is 0 Å². The van der Waals surface area contributed by atoms with Crippen LogP contribution < -0.4 is 0 Å². The quantitative estimate of drug-likeness (QED) is 0.193. The van der Waals surface area contributed by atoms with E-state index in [9.17, 15) is 0 Å². The number of likely N-dealkylation sites (tertiary alicyclic amines) is 1. The molecule has 0 N–H and O–H groups in total. The lowest BCUT2D eigenvalue weighted by molar-refractivity contribution is -0.0395. The molecule has 9 heteroatoms. The zero-order valence-corrected chi connectivity index (χ0v) is 21.3. The van der Waals surface area contributed by atoms with Crippen LogP contribution >= 0.6 is 0 Å². The van der Waals surface area contributed by atoms with Crippen molar-refractivity contribution in [2.75, 3.05) is 112 Å². The van der Waals surface area contributed by atoms with Crippen molar-refractivity contribution in [3.05, 3.63) is 0 Å². The van der Waals surface area contributed by atoms with Crippen LogP contribution in [0.3, 0.4) is 0 Å². The predicted molar refractivity (Wildman–Crippen MR) is 127 cm³/mol. The summed E-state index contributed by atoms with van der Waals surface area (Å²) in [6, 6.07) is 0.630. The molecule has 0 unspecified atom stereocenters. The van der Waals surface area contributed by atoms with Crippen LogP contribution in [0.25, 0.3) is 0 Å². The van der Waals surface area contributed by atoms with Gasteiger partial charge in [0.2, 0.25) is 0 Å². The zero-order valence-electron chi connectivity index (χ0n) is 21.3. The summed E-state index contributed by atoms with van der Waals surface area (Å²) < 4.78 is 43.8. The van der Waals surface area contributed by atoms with Gasteiger partial charge in [0, 0.05) is 25.7 Å². The second-order valence-electron chi connectivity index (χ2n) is 8.07. The fraction of sp³-hybridized carbons (Fsp3) is 1.00. The Kier molecular flexibility index (Phi) is 21.7. The van der Waals surface area contributed by atoms with Gasteiger partial charge < -0.3 is 42.8 Å². The summed E-state index contributed by atoms with van der Waals surface area (Å²) in [7, 11) is 0. The minimum absolute atomic E-state index is 0.379. The first-order valence-electron chi connectivity index (χ1n) is 12.6. The fourth-order valence-corrected chi connectivity index (χ4v) is 3.30. The van der Waals surface area contributed by atoms with Crippen molar-refractivity contribution in [1.29, 1.82) is 0 Å². The Balaban J connectivity index is 1.67. The molecular weight excluding hydrogens is 430 g/mol. The highest BCUT2D eigenvalue weighted by atomic mass is 16.6. The first kappa shape index (κ1) is 30.7. The lowest BCUT2D eigenvalue weighted by Gasteiger charge is -2.34. The Morgan fingerprint density at radius 1 is 0.545 bits per heavy atom.